The molecule has 3 aromatic rings. The van der Waals surface area contributed by atoms with E-state index in [-0.39, 0.29) is 5.41 Å². The van der Waals surface area contributed by atoms with Gasteiger partial charge in [-0.25, -0.2) is 0 Å². The number of nitrogens with one attached hydrogen (secondary N) is 1. The van der Waals surface area contributed by atoms with Crippen molar-refractivity contribution in [2.75, 3.05) is 5.73 Å². The number of benzene rings is 1. The average Bonchev–Trinajstić information content (AvgIpc) is 3.17. The maximum absolute atomic E-state index is 5.63. The molecular formula is C22H30N4. The van der Waals surface area contributed by atoms with Crippen LogP contribution in [0.25, 0.3) is 11.3 Å². The van der Waals surface area contributed by atoms with Crippen LogP contribution in [0.15, 0.2) is 54.9 Å². The van der Waals surface area contributed by atoms with Crippen LogP contribution >= 0.6 is 0 Å². The van der Waals surface area contributed by atoms with Gasteiger partial charge in [-0.05, 0) is 42.7 Å². The minimum Gasteiger partial charge on any atom is -0.399 e. The van der Waals surface area contributed by atoms with E-state index in [2.05, 4.69) is 55.0 Å². The number of rotatable bonds is 5. The van der Waals surface area contributed by atoms with Gasteiger partial charge in [0.25, 0.3) is 0 Å². The van der Waals surface area contributed by atoms with Crippen molar-refractivity contribution in [2.45, 2.75) is 52.4 Å². The summed E-state index contributed by atoms with van der Waals surface area (Å²) in [5.74, 6) is 0. The summed E-state index contributed by atoms with van der Waals surface area (Å²) in [7, 11) is 0. The van der Waals surface area contributed by atoms with Crippen LogP contribution < -0.4 is 5.73 Å². The molecule has 0 saturated heterocycles. The molecule has 1 aromatic carbocycles. The molecule has 0 saturated carbocycles. The van der Waals surface area contributed by atoms with Gasteiger partial charge in [-0.2, -0.15) is 5.10 Å². The first-order valence-electron chi connectivity index (χ1n) is 9.27. The van der Waals surface area contributed by atoms with Crippen molar-refractivity contribution in [1.29, 1.82) is 0 Å². The lowest BCUT2D eigenvalue weighted by Crippen LogP contribution is -2.18. The minimum absolute atomic E-state index is 0.223. The van der Waals surface area contributed by atoms with Gasteiger partial charge in [0, 0.05) is 34.8 Å². The van der Waals surface area contributed by atoms with Crippen LogP contribution in [-0.4, -0.2) is 15.2 Å². The van der Waals surface area contributed by atoms with E-state index < -0.39 is 0 Å². The number of H-pyrrole nitrogens is 1. The standard InChI is InChI=1S/C13H21N.C9H9N3/c1-5-9-13(3,4)12-8-7-11(6-2)10-14-12;10-8-3-1-2-7(6-8)9-4-5-11-12-9/h7-8,10H,5-6,9H2,1-4H3;1-6H,10H2,(H,11,12). The lowest BCUT2D eigenvalue weighted by Gasteiger charge is -2.23. The number of anilines is 1. The van der Waals surface area contributed by atoms with Crippen LogP contribution in [0.2, 0.25) is 0 Å². The summed E-state index contributed by atoms with van der Waals surface area (Å²) in [6.45, 7) is 8.92. The largest absolute Gasteiger partial charge is 0.399 e. The molecule has 0 bridgehead atoms. The van der Waals surface area contributed by atoms with Gasteiger partial charge in [-0.1, -0.05) is 52.3 Å². The third-order valence-corrected chi connectivity index (χ3v) is 4.50. The number of nitrogen functional groups attached to an aromatic ring is 1. The summed E-state index contributed by atoms with van der Waals surface area (Å²) in [6.07, 6.45) is 7.21. The first kappa shape index (κ1) is 19.7. The smallest absolute Gasteiger partial charge is 0.0650 e. The van der Waals surface area contributed by atoms with Crippen LogP contribution in [0.1, 0.15) is 51.8 Å². The van der Waals surface area contributed by atoms with Crippen molar-refractivity contribution in [1.82, 2.24) is 15.2 Å². The van der Waals surface area contributed by atoms with E-state index in [1.165, 1.54) is 24.1 Å². The number of pyridine rings is 1. The quantitative estimate of drug-likeness (QED) is 0.607. The maximum atomic E-state index is 5.63. The second kappa shape index (κ2) is 9.18. The van der Waals surface area contributed by atoms with E-state index in [9.17, 15) is 0 Å². The molecule has 0 aliphatic carbocycles. The van der Waals surface area contributed by atoms with Gasteiger partial charge in [-0.3, -0.25) is 10.1 Å². The topological polar surface area (TPSA) is 67.6 Å². The van der Waals surface area contributed by atoms with Gasteiger partial charge < -0.3 is 5.73 Å². The molecule has 4 heteroatoms. The van der Waals surface area contributed by atoms with Crippen LogP contribution in [-0.2, 0) is 11.8 Å². The minimum atomic E-state index is 0.223. The summed E-state index contributed by atoms with van der Waals surface area (Å²) in [6, 6.07) is 14.0. The zero-order valence-corrected chi connectivity index (χ0v) is 16.3. The molecular weight excluding hydrogens is 320 g/mol. The summed E-state index contributed by atoms with van der Waals surface area (Å²) in [5.41, 5.74) is 11.2. The van der Waals surface area contributed by atoms with Gasteiger partial charge >= 0.3 is 0 Å². The molecule has 0 spiro atoms. The summed E-state index contributed by atoms with van der Waals surface area (Å²) in [5, 5.41) is 6.74. The molecule has 3 rings (SSSR count). The Bertz CT molecular complexity index is 774. The molecule has 0 fully saturated rings. The SMILES string of the molecule is CCCC(C)(C)c1ccc(CC)cn1.Nc1cccc(-c2ccn[nH]2)c1. The van der Waals surface area contributed by atoms with Crippen molar-refractivity contribution in [3.05, 3.63) is 66.1 Å². The van der Waals surface area contributed by atoms with Gasteiger partial charge in [0.05, 0.1) is 5.69 Å². The predicted octanol–water partition coefficient (Wildman–Crippen LogP) is 5.38. The molecule has 0 unspecified atom stereocenters. The van der Waals surface area contributed by atoms with E-state index in [1.807, 2.05) is 36.5 Å². The third kappa shape index (κ3) is 5.45. The van der Waals surface area contributed by atoms with Crippen LogP contribution in [0.4, 0.5) is 5.69 Å². The molecule has 26 heavy (non-hydrogen) atoms. The molecule has 0 aliphatic heterocycles. The number of nitrogens with zero attached hydrogens (tertiary/aromatic N) is 2. The molecule has 138 valence electrons. The second-order valence-electron chi connectivity index (χ2n) is 7.13. The van der Waals surface area contributed by atoms with E-state index in [0.29, 0.717) is 0 Å². The zero-order chi connectivity index (χ0) is 19.0. The molecule has 4 nitrogen and oxygen atoms in total. The van der Waals surface area contributed by atoms with E-state index in [0.717, 1.165) is 23.4 Å². The molecule has 0 amide bonds. The van der Waals surface area contributed by atoms with Crippen LogP contribution in [0.3, 0.4) is 0 Å². The number of hydrogen-bond donors (Lipinski definition) is 2. The summed E-state index contributed by atoms with van der Waals surface area (Å²) in [4.78, 5) is 4.54. The highest BCUT2D eigenvalue weighted by molar-refractivity contribution is 5.63. The van der Waals surface area contributed by atoms with Crippen molar-refractivity contribution in [3.63, 3.8) is 0 Å². The monoisotopic (exact) mass is 350 g/mol. The molecule has 0 atom stereocenters. The lowest BCUT2D eigenvalue weighted by atomic mass is 9.84. The molecule has 0 aliphatic rings. The molecule has 3 N–H and O–H groups in total. The Kier molecular flexibility index (Phi) is 6.96. The Balaban J connectivity index is 0.000000189. The highest BCUT2D eigenvalue weighted by atomic mass is 15.1. The van der Waals surface area contributed by atoms with Crippen LogP contribution in [0.5, 0.6) is 0 Å². The molecule has 2 heterocycles. The zero-order valence-electron chi connectivity index (χ0n) is 16.3. The van der Waals surface area contributed by atoms with Crippen molar-refractivity contribution in [3.8, 4) is 11.3 Å². The maximum Gasteiger partial charge on any atom is 0.0650 e. The Hall–Kier alpha value is -2.62. The highest BCUT2D eigenvalue weighted by Crippen LogP contribution is 2.26. The van der Waals surface area contributed by atoms with Gasteiger partial charge in [0.1, 0.15) is 0 Å². The summed E-state index contributed by atoms with van der Waals surface area (Å²) < 4.78 is 0. The number of hydrogen-bond acceptors (Lipinski definition) is 3. The van der Waals surface area contributed by atoms with Gasteiger partial charge in [0.15, 0.2) is 0 Å². The average molecular weight is 351 g/mol. The van der Waals surface area contributed by atoms with Gasteiger partial charge in [0.2, 0.25) is 0 Å². The van der Waals surface area contributed by atoms with E-state index in [1.54, 1.807) is 6.20 Å². The fourth-order valence-corrected chi connectivity index (χ4v) is 2.91. The Morgan fingerprint density at radius 2 is 1.88 bits per heavy atom. The fraction of sp³-hybridized carbons (Fsp3) is 0.364. The Morgan fingerprint density at radius 3 is 2.42 bits per heavy atom. The van der Waals surface area contributed by atoms with Crippen molar-refractivity contribution >= 4 is 5.69 Å². The first-order valence-corrected chi connectivity index (χ1v) is 9.27. The van der Waals surface area contributed by atoms with Crippen LogP contribution in [0, 0.1) is 0 Å². The fourth-order valence-electron chi connectivity index (χ4n) is 2.91. The predicted molar refractivity (Wildman–Crippen MR) is 110 cm³/mol. The van der Waals surface area contributed by atoms with Crippen molar-refractivity contribution < 1.29 is 0 Å². The Morgan fingerprint density at radius 1 is 1.08 bits per heavy atom. The number of aromatic nitrogens is 3. The third-order valence-electron chi connectivity index (χ3n) is 4.50. The van der Waals surface area contributed by atoms with E-state index in [4.69, 9.17) is 5.73 Å². The van der Waals surface area contributed by atoms with Crippen molar-refractivity contribution in [2.24, 2.45) is 0 Å². The number of aromatic amines is 1. The second-order valence-corrected chi connectivity index (χ2v) is 7.13. The van der Waals surface area contributed by atoms with E-state index >= 15 is 0 Å². The normalized spacial score (nSPS) is 10.9. The molecule has 2 aromatic heterocycles. The lowest BCUT2D eigenvalue weighted by molar-refractivity contribution is 0.459. The highest BCUT2D eigenvalue weighted by Gasteiger charge is 2.20. The first-order chi connectivity index (χ1) is 12.5. The molecule has 0 radical (unpaired) electrons. The summed E-state index contributed by atoms with van der Waals surface area (Å²) >= 11 is 0. The number of aryl methyl sites for hydroxylation is 1. The number of nitrogens with two attached hydrogens (primary N) is 1. The van der Waals surface area contributed by atoms with Gasteiger partial charge in [-0.15, -0.1) is 0 Å². The Labute approximate surface area is 156 Å².